The van der Waals surface area contributed by atoms with E-state index in [2.05, 4.69) is 39.5 Å². The predicted octanol–water partition coefficient (Wildman–Crippen LogP) is 2.94. The molecule has 1 aliphatic heterocycles. The van der Waals surface area contributed by atoms with Crippen LogP contribution >= 0.6 is 11.6 Å². The maximum atomic E-state index is 11.0. The Balaban J connectivity index is 1.56. The van der Waals surface area contributed by atoms with Crippen LogP contribution in [0.2, 0.25) is 5.02 Å². The van der Waals surface area contributed by atoms with E-state index in [1.807, 2.05) is 6.07 Å². The number of pyridine rings is 1. The Labute approximate surface area is 157 Å². The third kappa shape index (κ3) is 5.05. The second-order valence-corrected chi connectivity index (χ2v) is 6.67. The van der Waals surface area contributed by atoms with Crippen molar-refractivity contribution in [2.45, 2.75) is 19.0 Å². The zero-order valence-electron chi connectivity index (χ0n) is 14.2. The van der Waals surface area contributed by atoms with Gasteiger partial charge in [-0.3, -0.25) is 14.9 Å². The molecule has 1 amide bonds. The van der Waals surface area contributed by atoms with Gasteiger partial charge in [-0.15, -0.1) is 0 Å². The van der Waals surface area contributed by atoms with Crippen molar-refractivity contribution in [2.75, 3.05) is 18.4 Å². The highest BCUT2D eigenvalue weighted by molar-refractivity contribution is 6.33. The smallest absolute Gasteiger partial charge is 0.267 e. The van der Waals surface area contributed by atoms with Gasteiger partial charge in [-0.05, 0) is 29.7 Å². The molecular weight excluding hydrogens is 352 g/mol. The minimum atomic E-state index is -0.604. The van der Waals surface area contributed by atoms with Gasteiger partial charge in [0.1, 0.15) is 5.82 Å². The fourth-order valence-corrected chi connectivity index (χ4v) is 3.22. The number of halogens is 1. The fourth-order valence-electron chi connectivity index (χ4n) is 2.99. The van der Waals surface area contributed by atoms with E-state index in [4.69, 9.17) is 16.8 Å². The molecule has 1 aromatic carbocycles. The molecule has 1 aliphatic rings. The summed E-state index contributed by atoms with van der Waals surface area (Å²) in [7, 11) is 0. The lowest BCUT2D eigenvalue weighted by molar-refractivity contribution is -0.124. The van der Waals surface area contributed by atoms with Gasteiger partial charge in [0.25, 0.3) is 5.91 Å². The molecule has 3 rings (SSSR count). The number of amides is 1. The van der Waals surface area contributed by atoms with Gasteiger partial charge in [-0.1, -0.05) is 41.9 Å². The van der Waals surface area contributed by atoms with Crippen LogP contribution in [0.5, 0.6) is 0 Å². The Bertz CT molecular complexity index is 782. The van der Waals surface area contributed by atoms with Crippen molar-refractivity contribution >= 4 is 29.4 Å². The van der Waals surface area contributed by atoms with Crippen LogP contribution in [0.3, 0.4) is 0 Å². The van der Waals surface area contributed by atoms with Crippen LogP contribution < -0.4 is 10.8 Å². The zero-order valence-corrected chi connectivity index (χ0v) is 15.0. The quantitative estimate of drug-likeness (QED) is 0.413. The average molecular weight is 373 g/mol. The van der Waals surface area contributed by atoms with E-state index in [9.17, 15) is 4.79 Å². The van der Waals surface area contributed by atoms with Gasteiger partial charge in [-0.2, -0.15) is 0 Å². The molecule has 0 radical (unpaired) electrons. The summed E-state index contributed by atoms with van der Waals surface area (Å²) in [5.74, 6) is 0.0368. The van der Waals surface area contributed by atoms with Crippen molar-refractivity contribution in [3.05, 3.63) is 64.8 Å². The van der Waals surface area contributed by atoms with Gasteiger partial charge in [0.05, 0.1) is 5.02 Å². The van der Waals surface area contributed by atoms with Gasteiger partial charge < -0.3 is 5.32 Å². The first-order valence-corrected chi connectivity index (χ1v) is 8.82. The molecule has 0 unspecified atom stereocenters. The fraction of sp³-hybridized carbons (Fsp3) is 0.263. The van der Waals surface area contributed by atoms with E-state index in [1.165, 1.54) is 23.2 Å². The second-order valence-electron chi connectivity index (χ2n) is 6.26. The van der Waals surface area contributed by atoms with Crippen LogP contribution in [0, 0.1) is 0 Å². The molecule has 2 aromatic rings. The second kappa shape index (κ2) is 8.80. The first-order valence-electron chi connectivity index (χ1n) is 8.44. The highest BCUT2D eigenvalue weighted by atomic mass is 35.5. The van der Waals surface area contributed by atoms with Crippen molar-refractivity contribution in [3.63, 3.8) is 0 Å². The van der Waals surface area contributed by atoms with Crippen molar-refractivity contribution in [1.29, 1.82) is 0 Å². The minimum absolute atomic E-state index is 0.297. The van der Waals surface area contributed by atoms with E-state index in [0.717, 1.165) is 26.1 Å². The SMILES string of the molecule is O=C(C=Cc1cnc(N[C@@H]2CCN(Cc3ccccc3)C2)c(Cl)c1)NO. The van der Waals surface area contributed by atoms with Gasteiger partial charge >= 0.3 is 0 Å². The number of hydrogen-bond acceptors (Lipinski definition) is 5. The molecule has 1 saturated heterocycles. The maximum absolute atomic E-state index is 11.0. The number of nitrogens with zero attached hydrogens (tertiary/aromatic N) is 2. The van der Waals surface area contributed by atoms with Crippen LogP contribution in [0.25, 0.3) is 6.08 Å². The van der Waals surface area contributed by atoms with Crippen LogP contribution in [-0.2, 0) is 11.3 Å². The molecule has 1 fully saturated rings. The molecular formula is C19H21ClN4O2. The summed E-state index contributed by atoms with van der Waals surface area (Å²) in [6.07, 6.45) is 5.40. The highest BCUT2D eigenvalue weighted by Gasteiger charge is 2.23. The van der Waals surface area contributed by atoms with Crippen molar-refractivity contribution in [1.82, 2.24) is 15.4 Å². The highest BCUT2D eigenvalue weighted by Crippen LogP contribution is 2.24. The lowest BCUT2D eigenvalue weighted by atomic mass is 10.2. The molecule has 3 N–H and O–H groups in total. The minimum Gasteiger partial charge on any atom is -0.365 e. The molecule has 1 atom stereocenters. The van der Waals surface area contributed by atoms with E-state index < -0.39 is 5.91 Å². The summed E-state index contributed by atoms with van der Waals surface area (Å²) in [4.78, 5) is 17.8. The first kappa shape index (κ1) is 18.4. The van der Waals surface area contributed by atoms with E-state index in [-0.39, 0.29) is 0 Å². The molecule has 0 bridgehead atoms. The predicted molar refractivity (Wildman–Crippen MR) is 102 cm³/mol. The Morgan fingerprint density at radius 2 is 2.19 bits per heavy atom. The third-order valence-corrected chi connectivity index (χ3v) is 4.55. The van der Waals surface area contributed by atoms with Crippen molar-refractivity contribution in [2.24, 2.45) is 0 Å². The Morgan fingerprint density at radius 1 is 1.38 bits per heavy atom. The van der Waals surface area contributed by atoms with E-state index in [0.29, 0.717) is 22.4 Å². The van der Waals surface area contributed by atoms with Crippen LogP contribution in [0.1, 0.15) is 17.5 Å². The topological polar surface area (TPSA) is 77.5 Å². The summed E-state index contributed by atoms with van der Waals surface area (Å²) >= 11 is 6.30. The van der Waals surface area contributed by atoms with Crippen LogP contribution in [0.4, 0.5) is 5.82 Å². The summed E-state index contributed by atoms with van der Waals surface area (Å²) in [6.45, 7) is 2.91. The van der Waals surface area contributed by atoms with Gasteiger partial charge in [0.15, 0.2) is 0 Å². The molecule has 0 aliphatic carbocycles. The molecule has 2 heterocycles. The average Bonchev–Trinajstić information content (AvgIpc) is 3.09. The molecule has 1 aromatic heterocycles. The number of aromatic nitrogens is 1. The number of likely N-dealkylation sites (tertiary alicyclic amines) is 1. The Kier molecular flexibility index (Phi) is 6.22. The summed E-state index contributed by atoms with van der Waals surface area (Å²) < 4.78 is 0. The lowest BCUT2D eigenvalue weighted by Crippen LogP contribution is -2.26. The molecule has 0 spiro atoms. The molecule has 6 nitrogen and oxygen atoms in total. The molecule has 26 heavy (non-hydrogen) atoms. The summed E-state index contributed by atoms with van der Waals surface area (Å²) in [5.41, 5.74) is 3.53. The monoisotopic (exact) mass is 372 g/mol. The number of benzene rings is 1. The van der Waals surface area contributed by atoms with E-state index >= 15 is 0 Å². The number of rotatable bonds is 6. The molecule has 136 valence electrons. The number of nitrogens with one attached hydrogen (secondary N) is 2. The summed E-state index contributed by atoms with van der Waals surface area (Å²) in [6, 6.07) is 12.5. The zero-order chi connectivity index (χ0) is 18.4. The van der Waals surface area contributed by atoms with Crippen LogP contribution in [0.15, 0.2) is 48.7 Å². The third-order valence-electron chi connectivity index (χ3n) is 4.26. The Hall–Kier alpha value is -2.41. The molecule has 7 heteroatoms. The number of carbonyl (C=O) groups excluding carboxylic acids is 1. The van der Waals surface area contributed by atoms with Crippen LogP contribution in [-0.4, -0.2) is 40.1 Å². The van der Waals surface area contributed by atoms with Gasteiger partial charge in [-0.25, -0.2) is 10.5 Å². The largest absolute Gasteiger partial charge is 0.365 e. The first-order chi connectivity index (χ1) is 12.6. The number of hydroxylamine groups is 1. The Morgan fingerprint density at radius 3 is 2.92 bits per heavy atom. The van der Waals surface area contributed by atoms with Crippen molar-refractivity contribution < 1.29 is 10.0 Å². The number of carbonyl (C=O) groups is 1. The van der Waals surface area contributed by atoms with Crippen molar-refractivity contribution in [3.8, 4) is 0 Å². The van der Waals surface area contributed by atoms with E-state index in [1.54, 1.807) is 12.3 Å². The summed E-state index contributed by atoms with van der Waals surface area (Å²) in [5, 5.41) is 12.4. The normalized spacial score (nSPS) is 17.5. The molecule has 0 saturated carbocycles. The lowest BCUT2D eigenvalue weighted by Gasteiger charge is -2.17. The van der Waals surface area contributed by atoms with Gasteiger partial charge in [0, 0.05) is 37.9 Å². The number of anilines is 1. The van der Waals surface area contributed by atoms with Gasteiger partial charge in [0.2, 0.25) is 0 Å². The number of hydrogen-bond donors (Lipinski definition) is 3. The maximum Gasteiger partial charge on any atom is 0.267 e. The standard InChI is InChI=1S/C19H21ClN4O2/c20-17-10-15(6-7-18(25)23-26)11-21-19(17)22-16-8-9-24(13-16)12-14-4-2-1-3-5-14/h1-7,10-11,16,26H,8-9,12-13H2,(H,21,22)(H,23,25)/t16-/m1/s1.